The highest BCUT2D eigenvalue weighted by Crippen LogP contribution is 2.17. The molecule has 0 fully saturated rings. The Labute approximate surface area is 112 Å². The second-order valence-electron chi connectivity index (χ2n) is 5.53. The van der Waals surface area contributed by atoms with Crippen molar-refractivity contribution in [1.29, 1.82) is 0 Å². The minimum Gasteiger partial charge on any atom is -0.481 e. The molecule has 0 heterocycles. The highest BCUT2D eigenvalue weighted by atomic mass is 16.4. The molecule has 0 rings (SSSR count). The number of nitrogens with one attached hydrogen (secondary N) is 2. The van der Waals surface area contributed by atoms with Gasteiger partial charge in [0.15, 0.2) is 0 Å². The molecule has 0 aliphatic rings. The summed E-state index contributed by atoms with van der Waals surface area (Å²) in [6.45, 7) is 6.07. The van der Waals surface area contributed by atoms with E-state index in [-0.39, 0.29) is 11.8 Å². The first-order valence-electron chi connectivity index (χ1n) is 6.06. The summed E-state index contributed by atoms with van der Waals surface area (Å²) < 4.78 is 0. The van der Waals surface area contributed by atoms with Crippen molar-refractivity contribution in [2.45, 2.75) is 39.7 Å². The molecular formula is C12H22N2O5. The zero-order valence-electron chi connectivity index (χ0n) is 11.5. The number of aliphatic carboxylic acids is 2. The van der Waals surface area contributed by atoms with E-state index >= 15 is 0 Å². The highest BCUT2D eigenvalue weighted by Gasteiger charge is 2.22. The molecule has 0 aromatic rings. The fraction of sp³-hybridized carbons (Fsp3) is 0.750. The third-order valence-corrected chi connectivity index (χ3v) is 2.37. The Morgan fingerprint density at radius 1 is 1.11 bits per heavy atom. The number of rotatable bonds is 8. The molecule has 19 heavy (non-hydrogen) atoms. The zero-order valence-corrected chi connectivity index (χ0v) is 11.5. The van der Waals surface area contributed by atoms with Crippen LogP contribution in [0.2, 0.25) is 0 Å². The summed E-state index contributed by atoms with van der Waals surface area (Å²) in [6.07, 6.45) is 0.394. The largest absolute Gasteiger partial charge is 0.481 e. The second-order valence-corrected chi connectivity index (χ2v) is 5.53. The molecule has 0 saturated heterocycles. The molecule has 0 aromatic carbocycles. The predicted molar refractivity (Wildman–Crippen MR) is 68.8 cm³/mol. The van der Waals surface area contributed by atoms with Crippen LogP contribution in [-0.4, -0.2) is 47.2 Å². The monoisotopic (exact) mass is 274 g/mol. The van der Waals surface area contributed by atoms with Crippen LogP contribution in [0.1, 0.15) is 33.6 Å². The van der Waals surface area contributed by atoms with Gasteiger partial charge in [0.05, 0.1) is 12.5 Å². The Bertz CT molecular complexity index is 336. The first kappa shape index (κ1) is 17.4. The van der Waals surface area contributed by atoms with E-state index in [1.165, 1.54) is 0 Å². The average Bonchev–Trinajstić information content (AvgIpc) is 2.22. The van der Waals surface area contributed by atoms with Gasteiger partial charge >= 0.3 is 11.9 Å². The van der Waals surface area contributed by atoms with Gasteiger partial charge in [-0.3, -0.25) is 14.4 Å². The standard InChI is InChI=1S/C12H22N2O5/c1-12(2,3)4-5-13-8(6-9(15)16)11(19)14-7-10(17)18/h8,13H,4-7H2,1-3H3,(H,14,19)(H,15,16)(H,17,18). The van der Waals surface area contributed by atoms with E-state index in [2.05, 4.69) is 10.6 Å². The normalized spacial score (nSPS) is 12.8. The third-order valence-electron chi connectivity index (χ3n) is 2.37. The lowest BCUT2D eigenvalue weighted by molar-refractivity contribution is -0.140. The van der Waals surface area contributed by atoms with E-state index in [1.54, 1.807) is 0 Å². The van der Waals surface area contributed by atoms with E-state index < -0.39 is 30.4 Å². The van der Waals surface area contributed by atoms with E-state index in [4.69, 9.17) is 10.2 Å². The predicted octanol–water partition coefficient (Wildman–Crippen LogP) is 0.0563. The number of amides is 1. The lowest BCUT2D eigenvalue weighted by Gasteiger charge is -2.21. The number of hydrogen-bond donors (Lipinski definition) is 4. The van der Waals surface area contributed by atoms with Gasteiger partial charge in [0, 0.05) is 0 Å². The molecule has 7 nitrogen and oxygen atoms in total. The molecule has 1 amide bonds. The SMILES string of the molecule is CC(C)(C)CCNC(CC(=O)O)C(=O)NCC(=O)O. The number of hydrogen-bond acceptors (Lipinski definition) is 4. The van der Waals surface area contributed by atoms with Crippen LogP contribution < -0.4 is 10.6 Å². The minimum absolute atomic E-state index is 0.0678. The summed E-state index contributed by atoms with van der Waals surface area (Å²) >= 11 is 0. The van der Waals surface area contributed by atoms with Crippen LogP contribution in [0.4, 0.5) is 0 Å². The van der Waals surface area contributed by atoms with Crippen LogP contribution in [-0.2, 0) is 14.4 Å². The second kappa shape index (κ2) is 7.73. The molecule has 1 atom stereocenters. The van der Waals surface area contributed by atoms with Gasteiger partial charge in [-0.25, -0.2) is 0 Å². The van der Waals surface area contributed by atoms with E-state index in [1.807, 2.05) is 20.8 Å². The van der Waals surface area contributed by atoms with Crippen molar-refractivity contribution in [2.24, 2.45) is 5.41 Å². The zero-order chi connectivity index (χ0) is 15.1. The summed E-state index contributed by atoms with van der Waals surface area (Å²) in [5, 5.41) is 22.2. The highest BCUT2D eigenvalue weighted by molar-refractivity contribution is 5.88. The van der Waals surface area contributed by atoms with E-state index in [9.17, 15) is 14.4 Å². The summed E-state index contributed by atoms with van der Waals surface area (Å²) in [4.78, 5) is 32.7. The number of carboxylic acids is 2. The van der Waals surface area contributed by atoms with Crippen LogP contribution in [0.3, 0.4) is 0 Å². The van der Waals surface area contributed by atoms with Crippen LogP contribution in [0, 0.1) is 5.41 Å². The third kappa shape index (κ3) is 10.0. The molecule has 0 aliphatic heterocycles. The maximum absolute atomic E-state index is 11.6. The maximum atomic E-state index is 11.6. The van der Waals surface area contributed by atoms with E-state index in [0.717, 1.165) is 6.42 Å². The Kier molecular flexibility index (Phi) is 7.06. The first-order valence-corrected chi connectivity index (χ1v) is 6.06. The summed E-state index contributed by atoms with van der Waals surface area (Å²) in [5.74, 6) is -2.89. The lowest BCUT2D eigenvalue weighted by Crippen LogP contribution is -2.47. The Hall–Kier alpha value is -1.63. The number of carbonyl (C=O) groups excluding carboxylic acids is 1. The van der Waals surface area contributed by atoms with Crippen molar-refractivity contribution in [1.82, 2.24) is 10.6 Å². The molecular weight excluding hydrogens is 252 g/mol. The summed E-state index contributed by atoms with van der Waals surface area (Å²) in [7, 11) is 0. The van der Waals surface area contributed by atoms with Crippen molar-refractivity contribution < 1.29 is 24.6 Å². The van der Waals surface area contributed by atoms with Gasteiger partial charge in [-0.1, -0.05) is 20.8 Å². The molecule has 110 valence electrons. The molecule has 0 radical (unpaired) electrons. The molecule has 0 aromatic heterocycles. The molecule has 0 spiro atoms. The van der Waals surface area contributed by atoms with Crippen LogP contribution in [0.15, 0.2) is 0 Å². The quantitative estimate of drug-likeness (QED) is 0.497. The molecule has 0 saturated carbocycles. The van der Waals surface area contributed by atoms with Crippen molar-refractivity contribution in [2.75, 3.05) is 13.1 Å². The van der Waals surface area contributed by atoms with Gasteiger partial charge < -0.3 is 20.8 Å². The number of carboxylic acid groups (broad SMARTS) is 2. The topological polar surface area (TPSA) is 116 Å². The summed E-state index contributed by atoms with van der Waals surface area (Å²) in [6, 6.07) is -0.917. The molecule has 7 heteroatoms. The van der Waals surface area contributed by atoms with Crippen molar-refractivity contribution >= 4 is 17.8 Å². The van der Waals surface area contributed by atoms with Crippen molar-refractivity contribution in [3.05, 3.63) is 0 Å². The lowest BCUT2D eigenvalue weighted by atomic mass is 9.92. The Morgan fingerprint density at radius 3 is 2.11 bits per heavy atom. The van der Waals surface area contributed by atoms with E-state index in [0.29, 0.717) is 6.54 Å². The fourth-order valence-corrected chi connectivity index (χ4v) is 1.34. The summed E-state index contributed by atoms with van der Waals surface area (Å²) in [5.41, 5.74) is 0.0678. The van der Waals surface area contributed by atoms with Crippen LogP contribution in [0.25, 0.3) is 0 Å². The molecule has 0 aliphatic carbocycles. The Balaban J connectivity index is 4.33. The van der Waals surface area contributed by atoms with Gasteiger partial charge in [-0.2, -0.15) is 0 Å². The van der Waals surface area contributed by atoms with Crippen molar-refractivity contribution in [3.8, 4) is 0 Å². The average molecular weight is 274 g/mol. The number of carbonyl (C=O) groups is 3. The molecule has 4 N–H and O–H groups in total. The molecule has 1 unspecified atom stereocenters. The molecule has 0 bridgehead atoms. The van der Waals surface area contributed by atoms with Gasteiger partial charge in [-0.05, 0) is 18.4 Å². The van der Waals surface area contributed by atoms with Crippen molar-refractivity contribution in [3.63, 3.8) is 0 Å². The minimum atomic E-state index is -1.17. The fourth-order valence-electron chi connectivity index (χ4n) is 1.34. The first-order chi connectivity index (χ1) is 8.61. The van der Waals surface area contributed by atoms with Gasteiger partial charge in [-0.15, -0.1) is 0 Å². The van der Waals surface area contributed by atoms with Gasteiger partial charge in [0.25, 0.3) is 0 Å². The van der Waals surface area contributed by atoms with Gasteiger partial charge in [0.1, 0.15) is 6.54 Å². The smallest absolute Gasteiger partial charge is 0.322 e. The van der Waals surface area contributed by atoms with Gasteiger partial charge in [0.2, 0.25) is 5.91 Å². The van der Waals surface area contributed by atoms with Crippen LogP contribution in [0.5, 0.6) is 0 Å². The maximum Gasteiger partial charge on any atom is 0.322 e. The Morgan fingerprint density at radius 2 is 1.68 bits per heavy atom. The van der Waals surface area contributed by atoms with Crippen LogP contribution >= 0.6 is 0 Å².